The zero-order valence-electron chi connectivity index (χ0n) is 12.9. The van der Waals surface area contributed by atoms with Gasteiger partial charge in [-0.3, -0.25) is 4.79 Å². The lowest BCUT2D eigenvalue weighted by Crippen LogP contribution is -2.19. The second-order valence-corrected chi connectivity index (χ2v) is 7.02. The van der Waals surface area contributed by atoms with Crippen LogP contribution in [0.5, 0.6) is 5.75 Å². The van der Waals surface area contributed by atoms with Gasteiger partial charge in [0.2, 0.25) is 5.91 Å². The van der Waals surface area contributed by atoms with Crippen LogP contribution in [0.15, 0.2) is 64.4 Å². The molecule has 3 rings (SSSR count). The molecule has 3 aromatic rings. The van der Waals surface area contributed by atoms with Gasteiger partial charge >= 0.3 is 0 Å². The van der Waals surface area contributed by atoms with Crippen LogP contribution in [0.3, 0.4) is 0 Å². The number of ether oxygens (including phenoxy) is 1. The maximum absolute atomic E-state index is 12.8. The summed E-state index contributed by atoms with van der Waals surface area (Å²) in [6.45, 7) is 0. The topological polar surface area (TPSA) is 64.1 Å². The molecule has 1 aromatic heterocycles. The minimum Gasteiger partial charge on any atom is -0.497 e. The molecular formula is C17H15N3O2S2. The van der Waals surface area contributed by atoms with Crippen molar-refractivity contribution in [2.75, 3.05) is 12.4 Å². The monoisotopic (exact) mass is 357 g/mol. The predicted molar refractivity (Wildman–Crippen MR) is 96.6 cm³/mol. The van der Waals surface area contributed by atoms with Gasteiger partial charge in [-0.05, 0) is 29.8 Å². The van der Waals surface area contributed by atoms with E-state index < -0.39 is 5.25 Å². The number of methoxy groups -OCH3 is 1. The third kappa shape index (κ3) is 4.12. The van der Waals surface area contributed by atoms with Crippen molar-refractivity contribution >= 4 is 34.7 Å². The van der Waals surface area contributed by atoms with Gasteiger partial charge in [0.25, 0.3) is 0 Å². The van der Waals surface area contributed by atoms with Crippen molar-refractivity contribution < 1.29 is 9.53 Å². The van der Waals surface area contributed by atoms with Crippen LogP contribution in [0.4, 0.5) is 5.69 Å². The number of nitrogens with one attached hydrogen (secondary N) is 1. The number of hydrogen-bond donors (Lipinski definition) is 1. The van der Waals surface area contributed by atoms with Crippen molar-refractivity contribution in [1.29, 1.82) is 0 Å². The molecule has 1 atom stereocenters. The lowest BCUT2D eigenvalue weighted by Gasteiger charge is -2.15. The Hall–Kier alpha value is -2.38. The smallest absolute Gasteiger partial charge is 0.242 e. The van der Waals surface area contributed by atoms with Gasteiger partial charge < -0.3 is 10.1 Å². The number of thioether (sulfide) groups is 1. The zero-order valence-corrected chi connectivity index (χ0v) is 14.5. The largest absolute Gasteiger partial charge is 0.497 e. The van der Waals surface area contributed by atoms with Crippen molar-refractivity contribution in [2.45, 2.75) is 9.59 Å². The van der Waals surface area contributed by atoms with Crippen LogP contribution >= 0.6 is 23.1 Å². The second kappa shape index (κ2) is 7.94. The Labute approximate surface area is 148 Å². The highest BCUT2D eigenvalue weighted by Gasteiger charge is 2.23. The van der Waals surface area contributed by atoms with Gasteiger partial charge in [0.15, 0.2) is 4.34 Å². The molecule has 0 spiro atoms. The fourth-order valence-electron chi connectivity index (χ4n) is 2.10. The van der Waals surface area contributed by atoms with Gasteiger partial charge in [0.05, 0.1) is 7.11 Å². The van der Waals surface area contributed by atoms with Crippen LogP contribution in [0.25, 0.3) is 0 Å². The summed E-state index contributed by atoms with van der Waals surface area (Å²) in [5, 5.41) is 10.4. The Bertz CT molecular complexity index is 777. The molecule has 1 heterocycles. The summed E-state index contributed by atoms with van der Waals surface area (Å²) in [5.41, 5.74) is 3.30. The van der Waals surface area contributed by atoms with Crippen molar-refractivity contribution in [2.24, 2.45) is 0 Å². The molecule has 5 nitrogen and oxygen atoms in total. The summed E-state index contributed by atoms with van der Waals surface area (Å²) in [4.78, 5) is 12.8. The third-order valence-corrected chi connectivity index (χ3v) is 5.32. The van der Waals surface area contributed by atoms with Crippen molar-refractivity contribution in [3.63, 3.8) is 0 Å². The SMILES string of the molecule is COc1ccc(NC(=O)[C@H](Sc2nncs2)c2ccccc2)cc1. The molecule has 0 bridgehead atoms. The molecule has 0 aliphatic heterocycles. The lowest BCUT2D eigenvalue weighted by atomic mass is 10.1. The first kappa shape index (κ1) is 16.5. The highest BCUT2D eigenvalue weighted by atomic mass is 32.2. The van der Waals surface area contributed by atoms with Crippen LogP contribution in [0.2, 0.25) is 0 Å². The van der Waals surface area contributed by atoms with Crippen LogP contribution in [-0.4, -0.2) is 23.2 Å². The van der Waals surface area contributed by atoms with E-state index in [-0.39, 0.29) is 5.91 Å². The first-order valence-corrected chi connectivity index (χ1v) is 8.95. The quantitative estimate of drug-likeness (QED) is 0.675. The summed E-state index contributed by atoms with van der Waals surface area (Å²) in [7, 11) is 1.61. The Kier molecular flexibility index (Phi) is 5.45. The van der Waals surface area contributed by atoms with E-state index in [1.165, 1.54) is 23.1 Å². The maximum atomic E-state index is 12.8. The van der Waals surface area contributed by atoms with Gasteiger partial charge in [-0.15, -0.1) is 10.2 Å². The molecule has 1 amide bonds. The Morgan fingerprint density at radius 1 is 1.17 bits per heavy atom. The summed E-state index contributed by atoms with van der Waals surface area (Å²) in [6, 6.07) is 16.9. The molecule has 122 valence electrons. The van der Waals surface area contributed by atoms with E-state index in [4.69, 9.17) is 4.74 Å². The standard InChI is InChI=1S/C17H15N3O2S2/c1-22-14-9-7-13(8-10-14)19-16(21)15(12-5-3-2-4-6-12)24-17-20-18-11-23-17/h2-11,15H,1H3,(H,19,21)/t15-/m1/s1. The lowest BCUT2D eigenvalue weighted by molar-refractivity contribution is -0.115. The van der Waals surface area contributed by atoms with Crippen LogP contribution in [0.1, 0.15) is 10.8 Å². The number of anilines is 1. The molecular weight excluding hydrogens is 342 g/mol. The normalized spacial score (nSPS) is 11.7. The van der Waals surface area contributed by atoms with E-state index in [0.29, 0.717) is 0 Å². The third-order valence-electron chi connectivity index (χ3n) is 3.26. The highest BCUT2D eigenvalue weighted by Crippen LogP contribution is 2.36. The van der Waals surface area contributed by atoms with Crippen molar-refractivity contribution in [3.8, 4) is 5.75 Å². The predicted octanol–water partition coefficient (Wildman–Crippen LogP) is 4.02. The minimum atomic E-state index is -0.402. The number of aromatic nitrogens is 2. The molecule has 2 aromatic carbocycles. The van der Waals surface area contributed by atoms with E-state index >= 15 is 0 Å². The van der Waals surface area contributed by atoms with Crippen LogP contribution in [-0.2, 0) is 4.79 Å². The maximum Gasteiger partial charge on any atom is 0.242 e. The van der Waals surface area contributed by atoms with Gasteiger partial charge in [0.1, 0.15) is 16.5 Å². The summed E-state index contributed by atoms with van der Waals surface area (Å²) in [5.74, 6) is 0.641. The van der Waals surface area contributed by atoms with E-state index in [9.17, 15) is 4.79 Å². The summed E-state index contributed by atoms with van der Waals surface area (Å²) in [6.07, 6.45) is 0. The molecule has 0 saturated heterocycles. The average molecular weight is 357 g/mol. The molecule has 7 heteroatoms. The minimum absolute atomic E-state index is 0.105. The number of benzene rings is 2. The molecule has 0 saturated carbocycles. The molecule has 0 unspecified atom stereocenters. The number of hydrogen-bond acceptors (Lipinski definition) is 6. The van der Waals surface area contributed by atoms with Crippen LogP contribution in [0, 0.1) is 0 Å². The number of carbonyl (C=O) groups excluding carboxylic acids is 1. The van der Waals surface area contributed by atoms with E-state index in [1.807, 2.05) is 54.6 Å². The zero-order chi connectivity index (χ0) is 16.8. The molecule has 0 fully saturated rings. The van der Waals surface area contributed by atoms with Gasteiger partial charge in [0, 0.05) is 5.69 Å². The van der Waals surface area contributed by atoms with Crippen molar-refractivity contribution in [3.05, 3.63) is 65.7 Å². The molecule has 24 heavy (non-hydrogen) atoms. The number of nitrogens with zero attached hydrogens (tertiary/aromatic N) is 2. The molecule has 1 N–H and O–H groups in total. The molecule has 0 aliphatic rings. The fraction of sp³-hybridized carbons (Fsp3) is 0.118. The first-order valence-electron chi connectivity index (χ1n) is 7.19. The van der Waals surface area contributed by atoms with E-state index in [1.54, 1.807) is 12.6 Å². The second-order valence-electron chi connectivity index (χ2n) is 4.83. The van der Waals surface area contributed by atoms with Gasteiger partial charge in [-0.25, -0.2) is 0 Å². The van der Waals surface area contributed by atoms with E-state index in [2.05, 4.69) is 15.5 Å². The molecule has 0 aliphatic carbocycles. The number of rotatable bonds is 6. The van der Waals surface area contributed by atoms with E-state index in [0.717, 1.165) is 21.3 Å². The Morgan fingerprint density at radius 3 is 2.54 bits per heavy atom. The summed E-state index contributed by atoms with van der Waals surface area (Å²) >= 11 is 2.81. The van der Waals surface area contributed by atoms with Gasteiger partial charge in [-0.2, -0.15) is 0 Å². The Balaban J connectivity index is 1.79. The Morgan fingerprint density at radius 2 is 1.92 bits per heavy atom. The summed E-state index contributed by atoms with van der Waals surface area (Å²) < 4.78 is 5.89. The average Bonchev–Trinajstić information content (AvgIpc) is 3.14. The number of amides is 1. The highest BCUT2D eigenvalue weighted by molar-refractivity contribution is 8.01. The number of carbonyl (C=O) groups is 1. The first-order chi connectivity index (χ1) is 11.8. The fourth-order valence-corrected chi connectivity index (χ4v) is 3.77. The van der Waals surface area contributed by atoms with Crippen LogP contribution < -0.4 is 10.1 Å². The van der Waals surface area contributed by atoms with Crippen molar-refractivity contribution in [1.82, 2.24) is 10.2 Å². The van der Waals surface area contributed by atoms with Gasteiger partial charge in [-0.1, -0.05) is 53.4 Å². The molecule has 0 radical (unpaired) electrons.